The molecule has 0 atom stereocenters. The van der Waals surface area contributed by atoms with Gasteiger partial charge < -0.3 is 0 Å². The Kier molecular flexibility index (Phi) is 4.40. The average Bonchev–Trinajstić information content (AvgIpc) is 2.49. The van der Waals surface area contributed by atoms with Crippen molar-refractivity contribution in [2.24, 2.45) is 5.10 Å². The van der Waals surface area contributed by atoms with Crippen LogP contribution >= 0.6 is 0 Å². The molecule has 0 saturated heterocycles. The number of nitrogens with zero attached hydrogens (tertiary/aromatic N) is 2. The van der Waals surface area contributed by atoms with Crippen LogP contribution in [0.5, 0.6) is 0 Å². The summed E-state index contributed by atoms with van der Waals surface area (Å²) in [6.07, 6.45) is 1.53. The van der Waals surface area contributed by atoms with E-state index in [1.165, 1.54) is 30.5 Å². The summed E-state index contributed by atoms with van der Waals surface area (Å²) in [5.74, 6) is -0.497. The van der Waals surface area contributed by atoms with Gasteiger partial charge in [-0.2, -0.15) is 5.10 Å². The maximum absolute atomic E-state index is 11.8. The quantitative estimate of drug-likeness (QED) is 0.532. The molecule has 0 saturated carbocycles. The van der Waals surface area contributed by atoms with Gasteiger partial charge in [-0.25, -0.2) is 5.43 Å². The first-order valence-corrected chi connectivity index (χ1v) is 6.21. The lowest BCUT2D eigenvalue weighted by molar-refractivity contribution is -0.384. The lowest BCUT2D eigenvalue weighted by atomic mass is 10.1. The van der Waals surface area contributed by atoms with Crippen LogP contribution < -0.4 is 5.43 Å². The lowest BCUT2D eigenvalue weighted by Gasteiger charge is -2.01. The van der Waals surface area contributed by atoms with Gasteiger partial charge in [0.2, 0.25) is 0 Å². The number of hydrogen-bond donors (Lipinski definition) is 1. The number of nitro groups is 1. The zero-order valence-corrected chi connectivity index (χ0v) is 11.3. The van der Waals surface area contributed by atoms with Gasteiger partial charge in [-0.3, -0.25) is 14.9 Å². The molecule has 0 fully saturated rings. The summed E-state index contributed by atoms with van der Waals surface area (Å²) in [5, 5.41) is 14.5. The van der Waals surface area contributed by atoms with Crippen molar-refractivity contribution >= 4 is 17.8 Å². The second kappa shape index (κ2) is 6.42. The Morgan fingerprint density at radius 1 is 1.24 bits per heavy atom. The molecule has 0 unspecified atom stereocenters. The standard InChI is InChI=1S/C15H13N3O3/c1-11-5-2-3-6-13(11)10-16-17-15(19)12-7-4-8-14(9-12)18(20)21/h2-10H,1H3,(H,17,19)/b16-10+. The average molecular weight is 283 g/mol. The summed E-state index contributed by atoms with van der Waals surface area (Å²) in [4.78, 5) is 22.0. The van der Waals surface area contributed by atoms with Crippen molar-refractivity contribution in [2.75, 3.05) is 0 Å². The summed E-state index contributed by atoms with van der Waals surface area (Å²) in [6.45, 7) is 1.93. The molecule has 2 aromatic carbocycles. The van der Waals surface area contributed by atoms with E-state index in [0.29, 0.717) is 0 Å². The predicted octanol–water partition coefficient (Wildman–Crippen LogP) is 2.67. The molecule has 0 aliphatic carbocycles. The zero-order valence-electron chi connectivity index (χ0n) is 11.3. The number of non-ortho nitro benzene ring substituents is 1. The van der Waals surface area contributed by atoms with Crippen molar-refractivity contribution in [2.45, 2.75) is 6.92 Å². The van der Waals surface area contributed by atoms with Crippen LogP contribution in [-0.4, -0.2) is 17.0 Å². The van der Waals surface area contributed by atoms with E-state index in [1.54, 1.807) is 0 Å². The SMILES string of the molecule is Cc1ccccc1/C=N/NC(=O)c1cccc([N+](=O)[O-])c1. The number of carbonyl (C=O) groups is 1. The lowest BCUT2D eigenvalue weighted by Crippen LogP contribution is -2.17. The van der Waals surface area contributed by atoms with Crippen LogP contribution in [-0.2, 0) is 0 Å². The maximum Gasteiger partial charge on any atom is 0.271 e. The molecule has 0 radical (unpaired) electrons. The third-order valence-corrected chi connectivity index (χ3v) is 2.88. The molecule has 0 aliphatic heterocycles. The third kappa shape index (κ3) is 3.73. The van der Waals surface area contributed by atoms with Gasteiger partial charge in [0.05, 0.1) is 11.1 Å². The normalized spacial score (nSPS) is 10.5. The van der Waals surface area contributed by atoms with Gasteiger partial charge in [0, 0.05) is 17.7 Å². The van der Waals surface area contributed by atoms with Crippen molar-refractivity contribution in [3.8, 4) is 0 Å². The van der Waals surface area contributed by atoms with E-state index in [1.807, 2.05) is 31.2 Å². The van der Waals surface area contributed by atoms with Gasteiger partial charge in [-0.1, -0.05) is 30.3 Å². The van der Waals surface area contributed by atoms with E-state index in [2.05, 4.69) is 10.5 Å². The first-order valence-electron chi connectivity index (χ1n) is 6.21. The number of nitrogens with one attached hydrogen (secondary N) is 1. The summed E-state index contributed by atoms with van der Waals surface area (Å²) in [6, 6.07) is 13.1. The number of hydrazone groups is 1. The number of hydrogen-bond acceptors (Lipinski definition) is 4. The Morgan fingerprint density at radius 3 is 2.71 bits per heavy atom. The number of nitro benzene ring substituents is 1. The van der Waals surface area contributed by atoms with E-state index in [9.17, 15) is 14.9 Å². The van der Waals surface area contributed by atoms with E-state index >= 15 is 0 Å². The van der Waals surface area contributed by atoms with Crippen LogP contribution in [0.3, 0.4) is 0 Å². The van der Waals surface area contributed by atoms with Crippen molar-refractivity contribution in [3.63, 3.8) is 0 Å². The summed E-state index contributed by atoms with van der Waals surface area (Å²) < 4.78 is 0. The number of rotatable bonds is 4. The molecule has 2 aromatic rings. The van der Waals surface area contributed by atoms with Crippen molar-refractivity contribution < 1.29 is 9.72 Å². The fraction of sp³-hybridized carbons (Fsp3) is 0.0667. The summed E-state index contributed by atoms with van der Waals surface area (Å²) in [7, 11) is 0. The Hall–Kier alpha value is -3.02. The molecule has 106 valence electrons. The smallest absolute Gasteiger partial charge is 0.267 e. The predicted molar refractivity (Wildman–Crippen MR) is 79.3 cm³/mol. The molecule has 6 nitrogen and oxygen atoms in total. The Labute approximate surface area is 121 Å². The van der Waals surface area contributed by atoms with E-state index in [0.717, 1.165) is 11.1 Å². The highest BCUT2D eigenvalue weighted by molar-refractivity contribution is 5.95. The van der Waals surface area contributed by atoms with Crippen molar-refractivity contribution in [3.05, 3.63) is 75.3 Å². The number of aryl methyl sites for hydroxylation is 1. The first-order chi connectivity index (χ1) is 10.1. The third-order valence-electron chi connectivity index (χ3n) is 2.88. The Bertz CT molecular complexity index is 711. The minimum absolute atomic E-state index is 0.134. The van der Waals surface area contributed by atoms with E-state index in [4.69, 9.17) is 0 Å². The van der Waals surface area contributed by atoms with Gasteiger partial charge >= 0.3 is 0 Å². The van der Waals surface area contributed by atoms with Gasteiger partial charge in [0.1, 0.15) is 0 Å². The van der Waals surface area contributed by atoms with Crippen LogP contribution in [0.2, 0.25) is 0 Å². The van der Waals surface area contributed by atoms with E-state index < -0.39 is 10.8 Å². The molecule has 6 heteroatoms. The van der Waals surface area contributed by atoms with Crippen molar-refractivity contribution in [1.82, 2.24) is 5.43 Å². The van der Waals surface area contributed by atoms with Crippen molar-refractivity contribution in [1.29, 1.82) is 0 Å². The van der Waals surface area contributed by atoms with E-state index in [-0.39, 0.29) is 11.3 Å². The Balaban J connectivity index is 2.07. The molecular weight excluding hydrogens is 270 g/mol. The maximum atomic E-state index is 11.8. The zero-order chi connectivity index (χ0) is 15.2. The Morgan fingerprint density at radius 2 is 2.00 bits per heavy atom. The highest BCUT2D eigenvalue weighted by Gasteiger charge is 2.10. The summed E-state index contributed by atoms with van der Waals surface area (Å²) in [5.41, 5.74) is 4.32. The monoisotopic (exact) mass is 283 g/mol. The molecule has 21 heavy (non-hydrogen) atoms. The number of carbonyl (C=O) groups excluding carboxylic acids is 1. The first kappa shape index (κ1) is 14.4. The minimum atomic E-state index is -0.548. The number of amides is 1. The molecule has 0 aromatic heterocycles. The topological polar surface area (TPSA) is 84.6 Å². The van der Waals surface area contributed by atoms with Crippen LogP contribution in [0.25, 0.3) is 0 Å². The largest absolute Gasteiger partial charge is 0.271 e. The molecule has 2 rings (SSSR count). The van der Waals surface area contributed by atoms with Crippen LogP contribution in [0.15, 0.2) is 53.6 Å². The molecular formula is C15H13N3O3. The minimum Gasteiger partial charge on any atom is -0.267 e. The fourth-order valence-corrected chi connectivity index (χ4v) is 1.72. The molecule has 1 amide bonds. The van der Waals surface area contributed by atoms with Gasteiger partial charge in [-0.15, -0.1) is 0 Å². The molecule has 0 spiro atoms. The molecule has 0 aliphatic rings. The van der Waals surface area contributed by atoms with Gasteiger partial charge in [-0.05, 0) is 24.1 Å². The van der Waals surface area contributed by atoms with Crippen LogP contribution in [0.4, 0.5) is 5.69 Å². The molecule has 0 heterocycles. The molecule has 0 bridgehead atoms. The van der Waals surface area contributed by atoms with Crippen LogP contribution in [0.1, 0.15) is 21.5 Å². The second-order valence-corrected chi connectivity index (χ2v) is 4.36. The second-order valence-electron chi connectivity index (χ2n) is 4.36. The highest BCUT2D eigenvalue weighted by atomic mass is 16.6. The number of benzene rings is 2. The van der Waals surface area contributed by atoms with Gasteiger partial charge in [0.15, 0.2) is 0 Å². The highest BCUT2D eigenvalue weighted by Crippen LogP contribution is 2.12. The van der Waals surface area contributed by atoms with Crippen LogP contribution in [0, 0.1) is 17.0 Å². The fourth-order valence-electron chi connectivity index (χ4n) is 1.72. The molecule has 1 N–H and O–H groups in total. The summed E-state index contributed by atoms with van der Waals surface area (Å²) >= 11 is 0. The van der Waals surface area contributed by atoms with Gasteiger partial charge in [0.25, 0.3) is 11.6 Å².